The van der Waals surface area contributed by atoms with Crippen molar-refractivity contribution in [2.45, 2.75) is 69.6 Å². The molecule has 27 heavy (non-hydrogen) atoms. The lowest BCUT2D eigenvalue weighted by atomic mass is 9.87. The number of nitrogens with zero attached hydrogens (tertiary/aromatic N) is 1. The Labute approximate surface area is 165 Å². The molecular formula is C22H36N2O2S. The van der Waals surface area contributed by atoms with E-state index in [0.717, 1.165) is 18.8 Å². The molecule has 0 amide bonds. The summed E-state index contributed by atoms with van der Waals surface area (Å²) in [5, 5.41) is 3.43. The Morgan fingerprint density at radius 1 is 0.963 bits per heavy atom. The minimum absolute atomic E-state index is 0.419. The van der Waals surface area contributed by atoms with E-state index in [0.29, 0.717) is 29.8 Å². The van der Waals surface area contributed by atoms with E-state index in [1.54, 1.807) is 16.4 Å². The van der Waals surface area contributed by atoms with Gasteiger partial charge in [0.1, 0.15) is 0 Å². The second-order valence-corrected chi connectivity index (χ2v) is 10.6. The highest BCUT2D eigenvalue weighted by molar-refractivity contribution is 7.89. The van der Waals surface area contributed by atoms with Gasteiger partial charge in [-0.25, -0.2) is 8.42 Å². The first kappa shape index (κ1) is 20.8. The molecule has 2 heterocycles. The molecule has 2 aliphatic rings. The standard InChI is InChI=1S/C22H36N2O2S/c1-18(2)21-6-8-22(9-7-21)27(25,26)24-16-12-20(13-17-24)5-3-4-19-10-14-23-15-11-19/h6-9,18-20,23H,3-5,10-17H2,1-2H3. The van der Waals surface area contributed by atoms with Crippen molar-refractivity contribution in [3.8, 4) is 0 Å². The Morgan fingerprint density at radius 3 is 2.07 bits per heavy atom. The topological polar surface area (TPSA) is 49.4 Å². The maximum absolute atomic E-state index is 12.9. The zero-order valence-electron chi connectivity index (χ0n) is 17.0. The summed E-state index contributed by atoms with van der Waals surface area (Å²) in [5.41, 5.74) is 1.18. The van der Waals surface area contributed by atoms with Gasteiger partial charge in [-0.3, -0.25) is 0 Å². The molecule has 0 aromatic heterocycles. The predicted octanol–water partition coefficient (Wildman–Crippen LogP) is 4.38. The molecule has 4 nitrogen and oxygen atoms in total. The summed E-state index contributed by atoms with van der Waals surface area (Å²) in [7, 11) is -3.34. The molecule has 1 aromatic rings. The number of benzene rings is 1. The van der Waals surface area contributed by atoms with Crippen molar-refractivity contribution in [1.82, 2.24) is 9.62 Å². The van der Waals surface area contributed by atoms with Crippen molar-refractivity contribution < 1.29 is 8.42 Å². The van der Waals surface area contributed by atoms with E-state index in [1.807, 2.05) is 12.1 Å². The molecule has 0 radical (unpaired) electrons. The van der Waals surface area contributed by atoms with Gasteiger partial charge in [-0.05, 0) is 74.2 Å². The highest BCUT2D eigenvalue weighted by Gasteiger charge is 2.29. The molecule has 2 fully saturated rings. The van der Waals surface area contributed by atoms with Crippen LogP contribution in [0.15, 0.2) is 29.2 Å². The summed E-state index contributed by atoms with van der Waals surface area (Å²) < 4.78 is 27.5. The number of piperidine rings is 2. The summed E-state index contributed by atoms with van der Waals surface area (Å²) in [6.07, 6.45) is 8.59. The first-order valence-electron chi connectivity index (χ1n) is 10.8. The van der Waals surface area contributed by atoms with E-state index in [4.69, 9.17) is 0 Å². The van der Waals surface area contributed by atoms with Crippen LogP contribution in [0.2, 0.25) is 0 Å². The highest BCUT2D eigenvalue weighted by Crippen LogP contribution is 2.29. The first-order valence-corrected chi connectivity index (χ1v) is 12.2. The molecule has 2 saturated heterocycles. The molecule has 2 aliphatic heterocycles. The third-order valence-electron chi connectivity index (χ3n) is 6.44. The largest absolute Gasteiger partial charge is 0.317 e. The number of sulfonamides is 1. The highest BCUT2D eigenvalue weighted by atomic mass is 32.2. The van der Waals surface area contributed by atoms with Gasteiger partial charge in [0.05, 0.1) is 4.90 Å². The van der Waals surface area contributed by atoms with Crippen LogP contribution in [-0.4, -0.2) is 38.9 Å². The second-order valence-electron chi connectivity index (χ2n) is 8.70. The molecule has 0 aliphatic carbocycles. The molecule has 152 valence electrons. The van der Waals surface area contributed by atoms with Gasteiger partial charge >= 0.3 is 0 Å². The number of nitrogens with one attached hydrogen (secondary N) is 1. The van der Waals surface area contributed by atoms with Gasteiger partial charge in [0.15, 0.2) is 0 Å². The van der Waals surface area contributed by atoms with Crippen LogP contribution >= 0.6 is 0 Å². The number of rotatable bonds is 7. The number of hydrogen-bond donors (Lipinski definition) is 1. The molecular weight excluding hydrogens is 356 g/mol. The van der Waals surface area contributed by atoms with Gasteiger partial charge in [0.25, 0.3) is 0 Å². The molecule has 5 heteroatoms. The smallest absolute Gasteiger partial charge is 0.243 e. The van der Waals surface area contributed by atoms with Crippen molar-refractivity contribution in [1.29, 1.82) is 0 Å². The fourth-order valence-corrected chi connectivity index (χ4v) is 5.95. The lowest BCUT2D eigenvalue weighted by Gasteiger charge is -2.31. The molecule has 0 spiro atoms. The SMILES string of the molecule is CC(C)c1ccc(S(=O)(=O)N2CCC(CCCC3CCNCC3)CC2)cc1. The van der Waals surface area contributed by atoms with Gasteiger partial charge in [-0.1, -0.05) is 45.2 Å². The van der Waals surface area contributed by atoms with Crippen LogP contribution in [0.4, 0.5) is 0 Å². The van der Waals surface area contributed by atoms with Crippen molar-refractivity contribution in [3.05, 3.63) is 29.8 Å². The zero-order chi connectivity index (χ0) is 19.3. The maximum Gasteiger partial charge on any atom is 0.243 e. The van der Waals surface area contributed by atoms with Gasteiger partial charge in [-0.15, -0.1) is 0 Å². The lowest BCUT2D eigenvalue weighted by Crippen LogP contribution is -2.38. The van der Waals surface area contributed by atoms with Gasteiger partial charge < -0.3 is 5.32 Å². The molecule has 0 unspecified atom stereocenters. The summed E-state index contributed by atoms with van der Waals surface area (Å²) >= 11 is 0. The van der Waals surface area contributed by atoms with Gasteiger partial charge in [0, 0.05) is 13.1 Å². The van der Waals surface area contributed by atoms with Crippen molar-refractivity contribution >= 4 is 10.0 Å². The van der Waals surface area contributed by atoms with Crippen LogP contribution in [0.1, 0.15) is 70.3 Å². The predicted molar refractivity (Wildman–Crippen MR) is 111 cm³/mol. The number of hydrogen-bond acceptors (Lipinski definition) is 3. The quantitative estimate of drug-likeness (QED) is 0.749. The van der Waals surface area contributed by atoms with E-state index < -0.39 is 10.0 Å². The van der Waals surface area contributed by atoms with Crippen LogP contribution in [-0.2, 0) is 10.0 Å². The molecule has 0 saturated carbocycles. The molecule has 3 rings (SSSR count). The van der Waals surface area contributed by atoms with Crippen LogP contribution in [0.25, 0.3) is 0 Å². The Bertz CT molecular complexity index is 671. The van der Waals surface area contributed by atoms with E-state index in [-0.39, 0.29) is 0 Å². The maximum atomic E-state index is 12.9. The summed E-state index contributed by atoms with van der Waals surface area (Å²) in [5.74, 6) is 2.02. The summed E-state index contributed by atoms with van der Waals surface area (Å²) in [4.78, 5) is 0.441. The third kappa shape index (κ3) is 5.55. The second kappa shape index (κ2) is 9.53. The summed E-state index contributed by atoms with van der Waals surface area (Å²) in [6, 6.07) is 7.45. The van der Waals surface area contributed by atoms with E-state index >= 15 is 0 Å². The average Bonchev–Trinajstić information content (AvgIpc) is 2.69. The summed E-state index contributed by atoms with van der Waals surface area (Å²) in [6.45, 7) is 7.95. The van der Waals surface area contributed by atoms with Crippen LogP contribution in [0.5, 0.6) is 0 Å². The van der Waals surface area contributed by atoms with Crippen molar-refractivity contribution in [2.24, 2.45) is 11.8 Å². The van der Waals surface area contributed by atoms with E-state index in [2.05, 4.69) is 19.2 Å². The van der Waals surface area contributed by atoms with Crippen molar-refractivity contribution in [3.63, 3.8) is 0 Å². The third-order valence-corrected chi connectivity index (χ3v) is 8.35. The van der Waals surface area contributed by atoms with Crippen LogP contribution in [0, 0.1) is 11.8 Å². The molecule has 1 aromatic carbocycles. The monoisotopic (exact) mass is 392 g/mol. The van der Waals surface area contributed by atoms with E-state index in [1.165, 1.54) is 50.8 Å². The fraction of sp³-hybridized carbons (Fsp3) is 0.727. The average molecular weight is 393 g/mol. The minimum atomic E-state index is -3.34. The van der Waals surface area contributed by atoms with Crippen LogP contribution < -0.4 is 5.32 Å². The lowest BCUT2D eigenvalue weighted by molar-refractivity contribution is 0.250. The fourth-order valence-electron chi connectivity index (χ4n) is 4.48. The van der Waals surface area contributed by atoms with Gasteiger partial charge in [-0.2, -0.15) is 4.31 Å². The van der Waals surface area contributed by atoms with E-state index in [9.17, 15) is 8.42 Å². The Kier molecular flexibility index (Phi) is 7.35. The van der Waals surface area contributed by atoms with Crippen molar-refractivity contribution in [2.75, 3.05) is 26.2 Å². The molecule has 0 bridgehead atoms. The van der Waals surface area contributed by atoms with Gasteiger partial charge in [0.2, 0.25) is 10.0 Å². The van der Waals surface area contributed by atoms with Crippen LogP contribution in [0.3, 0.4) is 0 Å². The zero-order valence-corrected chi connectivity index (χ0v) is 17.8. The normalized spacial score (nSPS) is 21.0. The molecule has 1 N–H and O–H groups in total. The Balaban J connectivity index is 1.46. The minimum Gasteiger partial charge on any atom is -0.317 e. The Morgan fingerprint density at radius 2 is 1.52 bits per heavy atom. The first-order chi connectivity index (χ1) is 13.0. The molecule has 0 atom stereocenters. The Hall–Kier alpha value is -0.910.